The van der Waals surface area contributed by atoms with Crippen LogP contribution in [0.5, 0.6) is 0 Å². The highest BCUT2D eigenvalue weighted by Crippen LogP contribution is 2.15. The molecule has 2 heterocycles. The molecule has 0 radical (unpaired) electrons. The maximum Gasteiger partial charge on any atom is 0.260 e. The van der Waals surface area contributed by atoms with Gasteiger partial charge in [-0.25, -0.2) is 13.1 Å². The maximum absolute atomic E-state index is 12.3. The van der Waals surface area contributed by atoms with Crippen molar-refractivity contribution in [2.75, 3.05) is 13.6 Å². The van der Waals surface area contributed by atoms with Gasteiger partial charge in [-0.15, -0.1) is 0 Å². The Labute approximate surface area is 124 Å². The summed E-state index contributed by atoms with van der Waals surface area (Å²) in [5, 5.41) is 9.62. The van der Waals surface area contributed by atoms with Crippen LogP contribution in [0.3, 0.4) is 0 Å². The molecule has 0 atom stereocenters. The molecule has 0 saturated carbocycles. The van der Waals surface area contributed by atoms with E-state index in [-0.39, 0.29) is 5.03 Å². The van der Waals surface area contributed by atoms with Gasteiger partial charge in [-0.1, -0.05) is 6.07 Å². The molecule has 2 rings (SSSR count). The highest BCUT2D eigenvalue weighted by Gasteiger charge is 2.22. The number of aromatic nitrogens is 3. The Hall–Kier alpha value is -1.77. The van der Waals surface area contributed by atoms with E-state index in [9.17, 15) is 8.42 Å². The van der Waals surface area contributed by atoms with E-state index in [0.717, 1.165) is 11.3 Å². The van der Waals surface area contributed by atoms with Crippen molar-refractivity contribution in [1.82, 2.24) is 25.2 Å². The van der Waals surface area contributed by atoms with Crippen molar-refractivity contribution in [3.63, 3.8) is 0 Å². The topological polar surface area (TPSA) is 99.8 Å². The second-order valence-corrected chi connectivity index (χ2v) is 6.35. The van der Waals surface area contributed by atoms with Gasteiger partial charge in [0.2, 0.25) is 0 Å². The van der Waals surface area contributed by atoms with Gasteiger partial charge >= 0.3 is 0 Å². The Kier molecular flexibility index (Phi) is 5.05. The molecule has 0 spiro atoms. The molecule has 0 amide bonds. The van der Waals surface area contributed by atoms with E-state index in [4.69, 9.17) is 0 Å². The summed E-state index contributed by atoms with van der Waals surface area (Å²) >= 11 is 0. The zero-order valence-corrected chi connectivity index (χ0v) is 12.9. The molecule has 2 aromatic rings. The molecule has 3 N–H and O–H groups in total. The number of hydrogen-bond donors (Lipinski definition) is 3. The number of rotatable bonds is 7. The van der Waals surface area contributed by atoms with Crippen molar-refractivity contribution in [3.8, 4) is 0 Å². The van der Waals surface area contributed by atoms with E-state index < -0.39 is 10.0 Å². The Morgan fingerprint density at radius 1 is 1.38 bits per heavy atom. The zero-order valence-electron chi connectivity index (χ0n) is 12.0. The maximum atomic E-state index is 12.3. The summed E-state index contributed by atoms with van der Waals surface area (Å²) in [5.74, 6) is 0. The summed E-state index contributed by atoms with van der Waals surface area (Å²) < 4.78 is 27.2. The number of aryl methyl sites for hydroxylation is 1. The summed E-state index contributed by atoms with van der Waals surface area (Å²) in [6.07, 6.45) is 3.99. The van der Waals surface area contributed by atoms with Crippen LogP contribution in [0, 0.1) is 6.92 Å². The van der Waals surface area contributed by atoms with E-state index in [2.05, 4.69) is 25.2 Å². The van der Waals surface area contributed by atoms with Gasteiger partial charge in [0.15, 0.2) is 5.03 Å². The average molecular weight is 309 g/mol. The minimum absolute atomic E-state index is 0.0561. The van der Waals surface area contributed by atoms with Crippen LogP contribution in [-0.2, 0) is 23.0 Å². The van der Waals surface area contributed by atoms with Crippen LogP contribution in [0.2, 0.25) is 0 Å². The van der Waals surface area contributed by atoms with Crippen LogP contribution < -0.4 is 10.0 Å². The van der Waals surface area contributed by atoms with Crippen molar-refractivity contribution in [2.24, 2.45) is 0 Å². The van der Waals surface area contributed by atoms with E-state index in [0.29, 0.717) is 25.1 Å². The highest BCUT2D eigenvalue weighted by molar-refractivity contribution is 7.89. The molecule has 0 saturated heterocycles. The minimum Gasteiger partial charge on any atom is -0.316 e. The van der Waals surface area contributed by atoms with Crippen molar-refractivity contribution in [1.29, 1.82) is 0 Å². The van der Waals surface area contributed by atoms with E-state index in [1.54, 1.807) is 26.4 Å². The molecule has 0 aliphatic carbocycles. The minimum atomic E-state index is -3.62. The van der Waals surface area contributed by atoms with Crippen LogP contribution in [0.1, 0.15) is 16.8 Å². The van der Waals surface area contributed by atoms with Gasteiger partial charge in [0.05, 0.1) is 0 Å². The van der Waals surface area contributed by atoms with E-state index in [1.165, 1.54) is 0 Å². The number of nitrogens with one attached hydrogen (secondary N) is 3. The predicted octanol–water partition coefficient (Wildman–Crippen LogP) is 0.354. The monoisotopic (exact) mass is 309 g/mol. The van der Waals surface area contributed by atoms with Crippen LogP contribution in [0.4, 0.5) is 0 Å². The summed E-state index contributed by atoms with van der Waals surface area (Å²) in [7, 11) is -1.85. The standard InChI is InChI=1S/C13H19N5O2S/c1-10-12(9-14-2)13(18-17-10)21(19,20)16-7-5-11-4-3-6-15-8-11/h3-4,6,8,14,16H,5,7,9H2,1-2H3,(H,17,18). The van der Waals surface area contributed by atoms with Gasteiger partial charge < -0.3 is 5.32 Å². The molecule has 7 nitrogen and oxygen atoms in total. The number of aromatic amines is 1. The van der Waals surface area contributed by atoms with Gasteiger partial charge in [0, 0.05) is 36.7 Å². The number of sulfonamides is 1. The second-order valence-electron chi connectivity index (χ2n) is 4.67. The average Bonchev–Trinajstić information content (AvgIpc) is 2.83. The molecule has 8 heteroatoms. The third-order valence-electron chi connectivity index (χ3n) is 3.07. The number of nitrogens with zero attached hydrogens (tertiary/aromatic N) is 2. The summed E-state index contributed by atoms with van der Waals surface area (Å²) in [6.45, 7) is 2.55. The fourth-order valence-electron chi connectivity index (χ4n) is 1.98. The summed E-state index contributed by atoms with van der Waals surface area (Å²) in [6, 6.07) is 3.73. The van der Waals surface area contributed by atoms with Crippen molar-refractivity contribution in [2.45, 2.75) is 24.9 Å². The van der Waals surface area contributed by atoms with Gasteiger partial charge in [0.1, 0.15) is 0 Å². The largest absolute Gasteiger partial charge is 0.316 e. The van der Waals surface area contributed by atoms with Gasteiger partial charge in [-0.2, -0.15) is 5.10 Å². The lowest BCUT2D eigenvalue weighted by Gasteiger charge is -2.07. The second kappa shape index (κ2) is 6.79. The molecule has 0 aromatic carbocycles. The first kappa shape index (κ1) is 15.6. The third kappa shape index (κ3) is 3.87. The normalized spacial score (nSPS) is 11.7. The summed E-state index contributed by atoms with van der Waals surface area (Å²) in [4.78, 5) is 4.00. The molecule has 0 aliphatic heterocycles. The van der Waals surface area contributed by atoms with Gasteiger partial charge in [0.25, 0.3) is 10.0 Å². The van der Waals surface area contributed by atoms with E-state index >= 15 is 0 Å². The van der Waals surface area contributed by atoms with Crippen molar-refractivity contribution in [3.05, 3.63) is 41.3 Å². The Bertz CT molecular complexity index is 682. The Morgan fingerprint density at radius 3 is 2.86 bits per heavy atom. The summed E-state index contributed by atoms with van der Waals surface area (Å²) in [5.41, 5.74) is 2.39. The first-order valence-corrected chi connectivity index (χ1v) is 8.10. The Balaban J connectivity index is 2.05. The molecule has 0 fully saturated rings. The fourth-order valence-corrected chi connectivity index (χ4v) is 3.20. The molecular weight excluding hydrogens is 290 g/mol. The smallest absolute Gasteiger partial charge is 0.260 e. The first-order valence-electron chi connectivity index (χ1n) is 6.61. The van der Waals surface area contributed by atoms with Crippen LogP contribution in [-0.4, -0.2) is 37.2 Å². The number of H-pyrrole nitrogens is 1. The lowest BCUT2D eigenvalue weighted by molar-refractivity contribution is 0.575. The fraction of sp³-hybridized carbons (Fsp3) is 0.385. The van der Waals surface area contributed by atoms with Crippen LogP contribution >= 0.6 is 0 Å². The predicted molar refractivity (Wildman–Crippen MR) is 79.2 cm³/mol. The molecule has 21 heavy (non-hydrogen) atoms. The molecule has 0 unspecified atom stereocenters. The first-order chi connectivity index (χ1) is 10.0. The Morgan fingerprint density at radius 2 is 2.19 bits per heavy atom. The molecule has 0 aliphatic rings. The lowest BCUT2D eigenvalue weighted by Crippen LogP contribution is -2.27. The van der Waals surface area contributed by atoms with Gasteiger partial charge in [-0.3, -0.25) is 10.1 Å². The molecule has 0 bridgehead atoms. The van der Waals surface area contributed by atoms with Crippen LogP contribution in [0.25, 0.3) is 0 Å². The van der Waals surface area contributed by atoms with Gasteiger partial charge in [-0.05, 0) is 32.0 Å². The number of hydrogen-bond acceptors (Lipinski definition) is 5. The lowest BCUT2D eigenvalue weighted by atomic mass is 10.2. The SMILES string of the molecule is CNCc1c(S(=O)(=O)NCCc2cccnc2)n[nH]c1C. The highest BCUT2D eigenvalue weighted by atomic mass is 32.2. The molecular formula is C13H19N5O2S. The third-order valence-corrected chi connectivity index (χ3v) is 4.50. The van der Waals surface area contributed by atoms with E-state index in [1.807, 2.05) is 12.1 Å². The zero-order chi connectivity index (χ0) is 15.3. The quantitative estimate of drug-likeness (QED) is 0.685. The molecule has 2 aromatic heterocycles. The number of pyridine rings is 1. The molecule has 114 valence electrons. The van der Waals surface area contributed by atoms with Crippen molar-refractivity contribution < 1.29 is 8.42 Å². The van der Waals surface area contributed by atoms with Crippen LogP contribution in [0.15, 0.2) is 29.6 Å². The van der Waals surface area contributed by atoms with Crippen molar-refractivity contribution >= 4 is 10.0 Å².